The summed E-state index contributed by atoms with van der Waals surface area (Å²) in [4.78, 5) is 14.6. The summed E-state index contributed by atoms with van der Waals surface area (Å²) in [5, 5.41) is 3.41. The van der Waals surface area contributed by atoms with Gasteiger partial charge in [0, 0.05) is 44.3 Å². The number of piperazine rings is 1. The van der Waals surface area contributed by atoms with Crippen molar-refractivity contribution in [1.82, 2.24) is 10.2 Å². The van der Waals surface area contributed by atoms with E-state index in [1.54, 1.807) is 0 Å². The molecule has 0 bridgehead atoms. The van der Waals surface area contributed by atoms with Crippen LogP contribution in [0.4, 0.5) is 0 Å². The van der Waals surface area contributed by atoms with Gasteiger partial charge in [-0.1, -0.05) is 6.92 Å². The second-order valence-electron chi connectivity index (χ2n) is 5.60. The molecule has 2 saturated heterocycles. The number of ether oxygens (including phenoxy) is 1. The molecule has 2 fully saturated rings. The summed E-state index contributed by atoms with van der Waals surface area (Å²) in [6.45, 7) is 9.59. The first-order valence-corrected chi connectivity index (χ1v) is 6.71. The summed E-state index contributed by atoms with van der Waals surface area (Å²) >= 11 is 0. The van der Waals surface area contributed by atoms with Gasteiger partial charge in [0.1, 0.15) is 0 Å². The van der Waals surface area contributed by atoms with Gasteiger partial charge in [0.15, 0.2) is 0 Å². The van der Waals surface area contributed by atoms with Gasteiger partial charge < -0.3 is 15.0 Å². The predicted octanol–water partition coefficient (Wildman–Crippen LogP) is 0.868. The molecule has 0 spiro atoms. The molecule has 4 atom stereocenters. The zero-order valence-electron chi connectivity index (χ0n) is 11.1. The number of carbonyl (C=O) groups is 1. The van der Waals surface area contributed by atoms with Gasteiger partial charge in [0.25, 0.3) is 0 Å². The third-order valence-corrected chi connectivity index (χ3v) is 4.01. The topological polar surface area (TPSA) is 41.6 Å². The fourth-order valence-corrected chi connectivity index (χ4v) is 2.79. The Morgan fingerprint density at radius 1 is 1.35 bits per heavy atom. The molecule has 0 aromatic heterocycles. The highest BCUT2D eigenvalue weighted by Crippen LogP contribution is 2.25. The summed E-state index contributed by atoms with van der Waals surface area (Å²) in [6.07, 6.45) is 0.880. The number of nitrogens with zero attached hydrogens (tertiary/aromatic N) is 1. The zero-order valence-corrected chi connectivity index (χ0v) is 11.1. The van der Waals surface area contributed by atoms with Crippen molar-refractivity contribution in [3.63, 3.8) is 0 Å². The number of hydrogen-bond donors (Lipinski definition) is 1. The Morgan fingerprint density at radius 2 is 2.12 bits per heavy atom. The Bertz CT molecular complexity index is 283. The van der Waals surface area contributed by atoms with Crippen molar-refractivity contribution in [2.75, 3.05) is 26.3 Å². The molecule has 1 N–H and O–H groups in total. The molecule has 4 unspecified atom stereocenters. The third kappa shape index (κ3) is 2.80. The summed E-state index contributed by atoms with van der Waals surface area (Å²) in [7, 11) is 0. The number of hydrogen-bond acceptors (Lipinski definition) is 3. The molecule has 0 aromatic rings. The average Bonchev–Trinajstić information content (AvgIpc) is 2.32. The van der Waals surface area contributed by atoms with Crippen LogP contribution in [0.3, 0.4) is 0 Å². The van der Waals surface area contributed by atoms with Gasteiger partial charge in [0.2, 0.25) is 5.91 Å². The molecular weight excluding hydrogens is 216 g/mol. The predicted molar refractivity (Wildman–Crippen MR) is 66.7 cm³/mol. The maximum Gasteiger partial charge on any atom is 0.226 e. The SMILES string of the molecule is CC1CN(C(=O)C2CCOCC2C)C(C)CN1. The van der Waals surface area contributed by atoms with E-state index < -0.39 is 0 Å². The minimum Gasteiger partial charge on any atom is -0.381 e. The van der Waals surface area contributed by atoms with Crippen molar-refractivity contribution < 1.29 is 9.53 Å². The van der Waals surface area contributed by atoms with E-state index >= 15 is 0 Å². The molecule has 0 aromatic carbocycles. The van der Waals surface area contributed by atoms with Gasteiger partial charge in [-0.25, -0.2) is 0 Å². The second-order valence-corrected chi connectivity index (χ2v) is 5.60. The van der Waals surface area contributed by atoms with Crippen LogP contribution >= 0.6 is 0 Å². The van der Waals surface area contributed by atoms with Gasteiger partial charge in [-0.2, -0.15) is 0 Å². The van der Waals surface area contributed by atoms with Crippen LogP contribution in [-0.2, 0) is 9.53 Å². The molecular formula is C13H24N2O2. The number of amides is 1. The van der Waals surface area contributed by atoms with Crippen LogP contribution in [0.1, 0.15) is 27.2 Å². The van der Waals surface area contributed by atoms with Crippen molar-refractivity contribution in [3.8, 4) is 0 Å². The lowest BCUT2D eigenvalue weighted by Crippen LogP contribution is -2.58. The van der Waals surface area contributed by atoms with Crippen molar-refractivity contribution in [2.24, 2.45) is 11.8 Å². The minimum atomic E-state index is 0.163. The Hall–Kier alpha value is -0.610. The van der Waals surface area contributed by atoms with Crippen molar-refractivity contribution >= 4 is 5.91 Å². The fourth-order valence-electron chi connectivity index (χ4n) is 2.79. The van der Waals surface area contributed by atoms with Crippen molar-refractivity contribution in [2.45, 2.75) is 39.3 Å². The zero-order chi connectivity index (χ0) is 12.4. The first kappa shape index (κ1) is 12.8. The average molecular weight is 240 g/mol. The van der Waals surface area contributed by atoms with Gasteiger partial charge in [-0.05, 0) is 26.2 Å². The van der Waals surface area contributed by atoms with Gasteiger partial charge in [0.05, 0.1) is 0 Å². The van der Waals surface area contributed by atoms with Gasteiger partial charge >= 0.3 is 0 Å². The Kier molecular flexibility index (Phi) is 4.05. The van der Waals surface area contributed by atoms with Crippen LogP contribution in [0, 0.1) is 11.8 Å². The Labute approximate surface area is 104 Å². The van der Waals surface area contributed by atoms with Crippen LogP contribution in [0.15, 0.2) is 0 Å². The highest BCUT2D eigenvalue weighted by Gasteiger charge is 2.35. The van der Waals surface area contributed by atoms with Crippen LogP contribution in [-0.4, -0.2) is 49.2 Å². The largest absolute Gasteiger partial charge is 0.381 e. The molecule has 2 heterocycles. The first-order valence-electron chi connectivity index (χ1n) is 6.71. The van der Waals surface area contributed by atoms with Crippen LogP contribution < -0.4 is 5.32 Å². The van der Waals surface area contributed by atoms with E-state index in [9.17, 15) is 4.79 Å². The van der Waals surface area contributed by atoms with Crippen LogP contribution in [0.2, 0.25) is 0 Å². The molecule has 0 aliphatic carbocycles. The van der Waals surface area contributed by atoms with Gasteiger partial charge in [-0.15, -0.1) is 0 Å². The standard InChI is InChI=1S/C13H24N2O2/c1-9-8-17-5-4-12(9)13(16)15-7-10(2)14-6-11(15)3/h9-12,14H,4-8H2,1-3H3. The van der Waals surface area contributed by atoms with Gasteiger partial charge in [-0.3, -0.25) is 4.79 Å². The summed E-state index contributed by atoms with van der Waals surface area (Å²) in [5.41, 5.74) is 0. The number of rotatable bonds is 1. The van der Waals surface area contributed by atoms with Crippen LogP contribution in [0.25, 0.3) is 0 Å². The fraction of sp³-hybridized carbons (Fsp3) is 0.923. The summed E-state index contributed by atoms with van der Waals surface area (Å²) < 4.78 is 5.41. The van der Waals surface area contributed by atoms with E-state index in [1.807, 2.05) is 0 Å². The number of carbonyl (C=O) groups excluding carboxylic acids is 1. The molecule has 17 heavy (non-hydrogen) atoms. The quantitative estimate of drug-likeness (QED) is 0.739. The summed E-state index contributed by atoms with van der Waals surface area (Å²) in [5.74, 6) is 0.854. The van der Waals surface area contributed by atoms with E-state index in [0.717, 1.165) is 32.7 Å². The van der Waals surface area contributed by atoms with E-state index in [0.29, 0.717) is 23.9 Å². The first-order chi connectivity index (χ1) is 8.09. The lowest BCUT2D eigenvalue weighted by molar-refractivity contribution is -0.145. The highest BCUT2D eigenvalue weighted by molar-refractivity contribution is 5.79. The maximum atomic E-state index is 12.6. The molecule has 2 rings (SSSR count). The molecule has 0 saturated carbocycles. The lowest BCUT2D eigenvalue weighted by atomic mass is 9.88. The molecule has 0 radical (unpaired) electrons. The normalized spacial score (nSPS) is 39.1. The lowest BCUT2D eigenvalue weighted by Gasteiger charge is -2.41. The van der Waals surface area contributed by atoms with Crippen LogP contribution in [0.5, 0.6) is 0 Å². The summed E-state index contributed by atoms with van der Waals surface area (Å²) in [6, 6.07) is 0.721. The van der Waals surface area contributed by atoms with Crippen molar-refractivity contribution in [3.05, 3.63) is 0 Å². The van der Waals surface area contributed by atoms with E-state index in [1.165, 1.54) is 0 Å². The monoisotopic (exact) mass is 240 g/mol. The third-order valence-electron chi connectivity index (χ3n) is 4.01. The molecule has 2 aliphatic heterocycles. The number of nitrogens with one attached hydrogen (secondary N) is 1. The molecule has 2 aliphatic rings. The van der Waals surface area contributed by atoms with E-state index in [-0.39, 0.29) is 5.92 Å². The molecule has 4 heteroatoms. The Morgan fingerprint density at radius 3 is 2.82 bits per heavy atom. The maximum absolute atomic E-state index is 12.6. The van der Waals surface area contributed by atoms with Crippen molar-refractivity contribution in [1.29, 1.82) is 0 Å². The Balaban J connectivity index is 2.02. The highest BCUT2D eigenvalue weighted by atomic mass is 16.5. The van der Waals surface area contributed by atoms with E-state index in [2.05, 4.69) is 31.0 Å². The molecule has 4 nitrogen and oxygen atoms in total. The molecule has 98 valence electrons. The van der Waals surface area contributed by atoms with E-state index in [4.69, 9.17) is 4.74 Å². The minimum absolute atomic E-state index is 0.163. The molecule has 1 amide bonds. The smallest absolute Gasteiger partial charge is 0.226 e. The second kappa shape index (κ2) is 5.36.